The van der Waals surface area contributed by atoms with Gasteiger partial charge < -0.3 is 14.6 Å². The highest BCUT2D eigenvalue weighted by Crippen LogP contribution is 2.48. The molecule has 1 atom stereocenters. The smallest absolute Gasteiger partial charge is 0.336 e. The van der Waals surface area contributed by atoms with Gasteiger partial charge in [-0.25, -0.2) is 4.79 Å². The summed E-state index contributed by atoms with van der Waals surface area (Å²) in [4.78, 5) is 37.5. The summed E-state index contributed by atoms with van der Waals surface area (Å²) in [5.74, 6) is -1.26. The lowest BCUT2D eigenvalue weighted by molar-refractivity contribution is -0.384. The van der Waals surface area contributed by atoms with Crippen molar-refractivity contribution in [1.29, 1.82) is 0 Å². The number of hydrogen-bond acceptors (Lipinski definition) is 6. The van der Waals surface area contributed by atoms with Crippen molar-refractivity contribution in [3.63, 3.8) is 0 Å². The second-order valence-electron chi connectivity index (χ2n) is 9.14. The van der Waals surface area contributed by atoms with Crippen LogP contribution in [0.1, 0.15) is 51.3 Å². The third kappa shape index (κ3) is 3.29. The number of esters is 1. The molecule has 0 spiro atoms. The summed E-state index contributed by atoms with van der Waals surface area (Å²) in [6.45, 7) is 7.51. The number of rotatable bonds is 4. The molecule has 0 amide bonds. The van der Waals surface area contributed by atoms with Gasteiger partial charge in [0.25, 0.3) is 5.69 Å². The summed E-state index contributed by atoms with van der Waals surface area (Å²) < 4.78 is 7.15. The van der Waals surface area contributed by atoms with Gasteiger partial charge in [0.1, 0.15) is 0 Å². The summed E-state index contributed by atoms with van der Waals surface area (Å²) in [7, 11) is 1.33. The number of aryl methyl sites for hydroxylation is 2. The zero-order valence-corrected chi connectivity index (χ0v) is 20.6. The molecule has 182 valence electrons. The quantitative estimate of drug-likeness (QED) is 0.316. The van der Waals surface area contributed by atoms with Crippen LogP contribution < -0.4 is 5.32 Å². The Balaban J connectivity index is 1.74. The van der Waals surface area contributed by atoms with E-state index in [1.165, 1.54) is 13.2 Å². The molecule has 36 heavy (non-hydrogen) atoms. The Morgan fingerprint density at radius 1 is 1.06 bits per heavy atom. The Labute approximate surface area is 208 Å². The predicted octanol–water partition coefficient (Wildman–Crippen LogP) is 5.05. The maximum atomic E-state index is 13.7. The highest BCUT2D eigenvalue weighted by Gasteiger charge is 2.44. The lowest BCUT2D eigenvalue weighted by atomic mass is 9.79. The number of aromatic nitrogens is 1. The van der Waals surface area contributed by atoms with E-state index < -0.39 is 16.8 Å². The molecule has 0 radical (unpaired) electrons. The van der Waals surface area contributed by atoms with E-state index in [2.05, 4.69) is 5.32 Å². The average Bonchev–Trinajstić information content (AvgIpc) is 3.30. The van der Waals surface area contributed by atoms with Gasteiger partial charge in [0.05, 0.1) is 29.2 Å². The first-order chi connectivity index (χ1) is 17.1. The molecule has 0 bridgehead atoms. The lowest BCUT2D eigenvalue weighted by Gasteiger charge is -2.29. The van der Waals surface area contributed by atoms with Gasteiger partial charge in [-0.1, -0.05) is 24.3 Å². The maximum absolute atomic E-state index is 13.7. The number of methoxy groups -OCH3 is 1. The van der Waals surface area contributed by atoms with Crippen LogP contribution in [0.5, 0.6) is 0 Å². The van der Waals surface area contributed by atoms with E-state index in [9.17, 15) is 19.7 Å². The SMILES string of the molecule is COC(=O)C1=C(C)NC2=C(C(=O)c3ccccc32)[C@H]1c1cc(C)n(-c2ccc([N+](=O)[O-])cc2C)c1C. The van der Waals surface area contributed by atoms with E-state index in [4.69, 9.17) is 4.74 Å². The lowest BCUT2D eigenvalue weighted by Crippen LogP contribution is -2.29. The molecule has 1 aliphatic carbocycles. The summed E-state index contributed by atoms with van der Waals surface area (Å²) in [5.41, 5.74) is 7.73. The van der Waals surface area contributed by atoms with Gasteiger partial charge in [-0.05, 0) is 51.0 Å². The number of allylic oxidation sites excluding steroid dienone is 2. The second-order valence-corrected chi connectivity index (χ2v) is 9.14. The van der Waals surface area contributed by atoms with Crippen LogP contribution in [0.25, 0.3) is 11.4 Å². The minimum Gasteiger partial charge on any atom is -0.466 e. The first kappa shape index (κ1) is 23.3. The zero-order chi connectivity index (χ0) is 25.9. The number of nitrogens with one attached hydrogen (secondary N) is 1. The van der Waals surface area contributed by atoms with Gasteiger partial charge in [0, 0.05) is 51.6 Å². The van der Waals surface area contributed by atoms with Crippen LogP contribution in [-0.2, 0) is 9.53 Å². The van der Waals surface area contributed by atoms with Gasteiger partial charge in [-0.3, -0.25) is 14.9 Å². The van der Waals surface area contributed by atoms with Crippen molar-refractivity contribution >= 4 is 23.1 Å². The summed E-state index contributed by atoms with van der Waals surface area (Å²) in [6, 6.07) is 14.1. The van der Waals surface area contributed by atoms with Crippen LogP contribution in [0.2, 0.25) is 0 Å². The third-order valence-electron chi connectivity index (χ3n) is 7.07. The third-order valence-corrected chi connectivity index (χ3v) is 7.07. The summed E-state index contributed by atoms with van der Waals surface area (Å²) in [6.07, 6.45) is 0. The van der Waals surface area contributed by atoms with E-state index in [0.717, 1.165) is 33.8 Å². The molecule has 2 aliphatic rings. The predicted molar refractivity (Wildman–Crippen MR) is 135 cm³/mol. The van der Waals surface area contributed by atoms with Gasteiger partial charge >= 0.3 is 5.97 Å². The second kappa shape index (κ2) is 8.34. The fourth-order valence-corrected chi connectivity index (χ4v) is 5.48. The molecule has 2 heterocycles. The van der Waals surface area contributed by atoms with E-state index >= 15 is 0 Å². The number of nitrogens with zero attached hydrogens (tertiary/aromatic N) is 2. The molecule has 8 nitrogen and oxygen atoms in total. The Bertz CT molecular complexity index is 1560. The Morgan fingerprint density at radius 3 is 2.39 bits per heavy atom. The molecule has 8 heteroatoms. The van der Waals surface area contributed by atoms with Crippen LogP contribution >= 0.6 is 0 Å². The van der Waals surface area contributed by atoms with Gasteiger partial charge in [0.15, 0.2) is 5.78 Å². The molecule has 3 aromatic rings. The number of ketones is 1. The van der Waals surface area contributed by atoms with Crippen molar-refractivity contribution in [1.82, 2.24) is 9.88 Å². The number of benzene rings is 2. The zero-order valence-electron chi connectivity index (χ0n) is 20.6. The number of ether oxygens (including phenoxy) is 1. The van der Waals surface area contributed by atoms with Crippen molar-refractivity contribution in [3.8, 4) is 5.69 Å². The molecule has 5 rings (SSSR count). The van der Waals surface area contributed by atoms with Crippen LogP contribution in [0.4, 0.5) is 5.69 Å². The van der Waals surface area contributed by atoms with Gasteiger partial charge in [-0.15, -0.1) is 0 Å². The van der Waals surface area contributed by atoms with Crippen molar-refractivity contribution < 1.29 is 19.2 Å². The van der Waals surface area contributed by atoms with Crippen LogP contribution in [0.3, 0.4) is 0 Å². The van der Waals surface area contributed by atoms with Crippen LogP contribution in [0, 0.1) is 30.9 Å². The Kier molecular flexibility index (Phi) is 5.39. The van der Waals surface area contributed by atoms with E-state index in [-0.39, 0.29) is 11.5 Å². The monoisotopic (exact) mass is 483 g/mol. The van der Waals surface area contributed by atoms with Gasteiger partial charge in [0.2, 0.25) is 0 Å². The molecule has 0 fully saturated rings. The summed E-state index contributed by atoms with van der Waals surface area (Å²) >= 11 is 0. The maximum Gasteiger partial charge on any atom is 0.336 e. The minimum atomic E-state index is -0.632. The van der Waals surface area contributed by atoms with E-state index in [1.54, 1.807) is 18.2 Å². The number of nitro groups is 1. The molecule has 1 aromatic heterocycles. The highest BCUT2D eigenvalue weighted by molar-refractivity contribution is 6.23. The molecule has 1 N–H and O–H groups in total. The first-order valence-electron chi connectivity index (χ1n) is 11.5. The number of nitro benzene ring substituents is 1. The highest BCUT2D eigenvalue weighted by atomic mass is 16.6. The number of non-ortho nitro benzene ring substituents is 1. The normalized spacial score (nSPS) is 16.6. The molecule has 0 unspecified atom stereocenters. The average molecular weight is 484 g/mol. The van der Waals surface area contributed by atoms with E-state index in [1.807, 2.05) is 56.5 Å². The summed E-state index contributed by atoms with van der Waals surface area (Å²) in [5, 5.41) is 14.5. The number of Topliss-reactive ketones (excluding diaryl/α,β-unsaturated/α-hetero) is 1. The number of carbonyl (C=O) groups is 2. The fraction of sp³-hybridized carbons (Fsp3) is 0.214. The minimum absolute atomic E-state index is 0.0212. The fourth-order valence-electron chi connectivity index (χ4n) is 5.48. The van der Waals surface area contributed by atoms with Crippen molar-refractivity contribution in [2.45, 2.75) is 33.6 Å². The van der Waals surface area contributed by atoms with Crippen LogP contribution in [-0.4, -0.2) is 28.4 Å². The number of dihydropyridines is 1. The number of carbonyl (C=O) groups excluding carboxylic acids is 2. The number of fused-ring (bicyclic) bond motifs is 2. The standard InChI is InChI=1S/C28H25N3O5/c1-14-12-18(31(34)35)10-11-22(14)30-15(2)13-21(17(30)4)24-23(28(33)36-5)16(3)29-26-19-8-6-7-9-20(19)27(32)25(24)26/h6-13,24,29H,1-5H3/t24-/m0/s1. The largest absolute Gasteiger partial charge is 0.466 e. The first-order valence-corrected chi connectivity index (χ1v) is 11.5. The molecular weight excluding hydrogens is 458 g/mol. The van der Waals surface area contributed by atoms with Crippen molar-refractivity contribution in [3.05, 3.63) is 109 Å². The van der Waals surface area contributed by atoms with Crippen molar-refractivity contribution in [2.24, 2.45) is 0 Å². The van der Waals surface area contributed by atoms with E-state index in [0.29, 0.717) is 28.1 Å². The molecule has 0 saturated carbocycles. The molecule has 2 aromatic carbocycles. The molecule has 1 aliphatic heterocycles. The Morgan fingerprint density at radius 2 is 1.75 bits per heavy atom. The van der Waals surface area contributed by atoms with Crippen LogP contribution in [0.15, 0.2) is 65.4 Å². The Hall–Kier alpha value is -4.46. The molecular formula is C28H25N3O5. The van der Waals surface area contributed by atoms with Gasteiger partial charge in [-0.2, -0.15) is 0 Å². The van der Waals surface area contributed by atoms with Crippen molar-refractivity contribution in [2.75, 3.05) is 7.11 Å². The number of hydrogen-bond donors (Lipinski definition) is 1. The topological polar surface area (TPSA) is 103 Å². The molecule has 0 saturated heterocycles.